The minimum absolute atomic E-state index is 0.228. The Kier molecular flexibility index (Phi) is 2.77. The molecular weight excluding hydrogens is 306 g/mol. The molecule has 0 fully saturated rings. The molecule has 0 saturated carbocycles. The summed E-state index contributed by atoms with van der Waals surface area (Å²) in [6.45, 7) is 1.93. The van der Waals surface area contributed by atoms with E-state index in [0.29, 0.717) is 0 Å². The number of nitrogens with zero attached hydrogens (tertiary/aromatic N) is 1. The van der Waals surface area contributed by atoms with E-state index in [0.717, 1.165) is 25.9 Å². The lowest BCUT2D eigenvalue weighted by atomic mass is 10.1. The number of aromatic nitrogens is 1. The Morgan fingerprint density at radius 3 is 2.73 bits per heavy atom. The minimum atomic E-state index is -0.228. The van der Waals surface area contributed by atoms with Crippen LogP contribution in [0.2, 0.25) is 0 Å². The molecule has 4 heteroatoms. The summed E-state index contributed by atoms with van der Waals surface area (Å²) < 4.78 is 14.1. The van der Waals surface area contributed by atoms with Crippen molar-refractivity contribution in [3.8, 4) is 0 Å². The van der Waals surface area contributed by atoms with Crippen LogP contribution in [0.5, 0.6) is 0 Å². The summed E-state index contributed by atoms with van der Waals surface area (Å²) >= 11 is 2.10. The van der Waals surface area contributed by atoms with Gasteiger partial charge in [-0.25, -0.2) is 4.39 Å². The lowest BCUT2D eigenvalue weighted by Gasteiger charge is -2.08. The first-order valence-corrected chi connectivity index (χ1v) is 5.64. The van der Waals surface area contributed by atoms with Crippen LogP contribution in [0, 0.1) is 16.3 Å². The molecule has 0 aliphatic carbocycles. The van der Waals surface area contributed by atoms with E-state index < -0.39 is 0 Å². The molecule has 0 atom stereocenters. The summed E-state index contributed by atoms with van der Waals surface area (Å²) in [6, 6.07) is 4.92. The maximum absolute atomic E-state index is 13.3. The molecule has 0 aliphatic heterocycles. The van der Waals surface area contributed by atoms with E-state index in [9.17, 15) is 4.39 Å². The molecule has 0 spiro atoms. The molecule has 2 aromatic rings. The molecule has 0 amide bonds. The highest BCUT2D eigenvalue weighted by atomic mass is 127. The highest BCUT2D eigenvalue weighted by molar-refractivity contribution is 14.1. The number of fused-ring (bicyclic) bond motifs is 1. The SMILES string of the molecule is CNc1cc(C)nc2c(I)cc(F)cc12. The zero-order chi connectivity index (χ0) is 11.0. The predicted octanol–water partition coefficient (Wildman–Crippen LogP) is 3.33. The first kappa shape index (κ1) is 10.6. The first-order valence-electron chi connectivity index (χ1n) is 4.56. The fourth-order valence-corrected chi connectivity index (χ4v) is 2.30. The van der Waals surface area contributed by atoms with Crippen molar-refractivity contribution in [3.63, 3.8) is 0 Å². The van der Waals surface area contributed by atoms with E-state index in [2.05, 4.69) is 32.9 Å². The maximum atomic E-state index is 13.3. The summed E-state index contributed by atoms with van der Waals surface area (Å²) in [5.74, 6) is -0.228. The lowest BCUT2D eigenvalue weighted by Crippen LogP contribution is -1.95. The summed E-state index contributed by atoms with van der Waals surface area (Å²) in [5, 5.41) is 3.88. The van der Waals surface area contributed by atoms with E-state index in [1.807, 2.05) is 20.0 Å². The van der Waals surface area contributed by atoms with Gasteiger partial charge >= 0.3 is 0 Å². The Hall–Kier alpha value is -0.910. The third kappa shape index (κ3) is 1.90. The summed E-state index contributed by atoms with van der Waals surface area (Å²) in [6.07, 6.45) is 0. The average Bonchev–Trinajstić information content (AvgIpc) is 2.18. The Morgan fingerprint density at radius 2 is 2.07 bits per heavy atom. The van der Waals surface area contributed by atoms with Gasteiger partial charge in [0.25, 0.3) is 0 Å². The molecule has 0 unspecified atom stereocenters. The van der Waals surface area contributed by atoms with Gasteiger partial charge in [0.1, 0.15) is 5.82 Å². The Balaban J connectivity index is 2.89. The smallest absolute Gasteiger partial charge is 0.125 e. The van der Waals surface area contributed by atoms with Gasteiger partial charge < -0.3 is 5.32 Å². The van der Waals surface area contributed by atoms with Gasteiger partial charge in [-0.2, -0.15) is 0 Å². The number of anilines is 1. The van der Waals surface area contributed by atoms with Crippen LogP contribution >= 0.6 is 22.6 Å². The number of benzene rings is 1. The van der Waals surface area contributed by atoms with E-state index >= 15 is 0 Å². The van der Waals surface area contributed by atoms with Crippen LogP contribution in [0.4, 0.5) is 10.1 Å². The second-order valence-corrected chi connectivity index (χ2v) is 4.51. The molecule has 1 aromatic heterocycles. The van der Waals surface area contributed by atoms with E-state index in [4.69, 9.17) is 0 Å². The van der Waals surface area contributed by atoms with Gasteiger partial charge in [0.15, 0.2) is 0 Å². The molecule has 0 bridgehead atoms. The summed E-state index contributed by atoms with van der Waals surface area (Å²) in [4.78, 5) is 4.41. The van der Waals surface area contributed by atoms with Crippen LogP contribution in [0.3, 0.4) is 0 Å². The molecule has 0 aliphatic rings. The number of pyridine rings is 1. The van der Waals surface area contributed by atoms with Gasteiger partial charge in [-0.05, 0) is 47.7 Å². The van der Waals surface area contributed by atoms with Crippen molar-refractivity contribution < 1.29 is 4.39 Å². The van der Waals surface area contributed by atoms with Crippen molar-refractivity contribution in [3.05, 3.63) is 33.3 Å². The average molecular weight is 316 g/mol. The molecule has 1 heterocycles. The maximum Gasteiger partial charge on any atom is 0.125 e. The molecule has 2 nitrogen and oxygen atoms in total. The van der Waals surface area contributed by atoms with E-state index in [1.165, 1.54) is 12.1 Å². The van der Waals surface area contributed by atoms with Crippen molar-refractivity contribution in [2.75, 3.05) is 12.4 Å². The van der Waals surface area contributed by atoms with Crippen LogP contribution in [-0.2, 0) is 0 Å². The second kappa shape index (κ2) is 3.92. The minimum Gasteiger partial charge on any atom is -0.388 e. The van der Waals surface area contributed by atoms with Crippen molar-refractivity contribution in [2.45, 2.75) is 6.92 Å². The van der Waals surface area contributed by atoms with Gasteiger partial charge in [-0.3, -0.25) is 4.98 Å². The third-order valence-corrected chi connectivity index (χ3v) is 3.05. The fraction of sp³-hybridized carbons (Fsp3) is 0.182. The highest BCUT2D eigenvalue weighted by Gasteiger charge is 2.07. The Bertz CT molecular complexity index is 525. The standard InChI is InChI=1S/C11H10FIN2/c1-6-3-10(14-2)8-4-7(12)5-9(13)11(8)15-6/h3-5H,1-2H3,(H,14,15). The number of aryl methyl sites for hydroxylation is 1. The topological polar surface area (TPSA) is 24.9 Å². The zero-order valence-electron chi connectivity index (χ0n) is 8.44. The number of hydrogen-bond donors (Lipinski definition) is 1. The molecule has 0 radical (unpaired) electrons. The van der Waals surface area contributed by atoms with Crippen LogP contribution < -0.4 is 5.32 Å². The number of nitrogens with one attached hydrogen (secondary N) is 1. The molecule has 1 aromatic carbocycles. The lowest BCUT2D eigenvalue weighted by molar-refractivity contribution is 0.628. The van der Waals surface area contributed by atoms with Crippen LogP contribution in [0.15, 0.2) is 18.2 Å². The van der Waals surface area contributed by atoms with Gasteiger partial charge in [0.05, 0.1) is 5.52 Å². The highest BCUT2D eigenvalue weighted by Crippen LogP contribution is 2.27. The number of rotatable bonds is 1. The Morgan fingerprint density at radius 1 is 1.33 bits per heavy atom. The van der Waals surface area contributed by atoms with Crippen LogP contribution in [-0.4, -0.2) is 12.0 Å². The quantitative estimate of drug-likeness (QED) is 0.817. The van der Waals surface area contributed by atoms with Gasteiger partial charge in [0.2, 0.25) is 0 Å². The molecule has 15 heavy (non-hydrogen) atoms. The van der Waals surface area contributed by atoms with Gasteiger partial charge in [-0.15, -0.1) is 0 Å². The van der Waals surface area contributed by atoms with Crippen molar-refractivity contribution >= 4 is 39.2 Å². The van der Waals surface area contributed by atoms with Gasteiger partial charge in [-0.1, -0.05) is 0 Å². The van der Waals surface area contributed by atoms with Crippen molar-refractivity contribution in [1.82, 2.24) is 4.98 Å². The van der Waals surface area contributed by atoms with Crippen LogP contribution in [0.1, 0.15) is 5.69 Å². The normalized spacial score (nSPS) is 10.7. The van der Waals surface area contributed by atoms with Gasteiger partial charge in [0, 0.05) is 27.4 Å². The molecule has 1 N–H and O–H groups in total. The summed E-state index contributed by atoms with van der Waals surface area (Å²) in [5.41, 5.74) is 2.69. The third-order valence-electron chi connectivity index (χ3n) is 2.23. The second-order valence-electron chi connectivity index (χ2n) is 3.34. The number of halogens is 2. The van der Waals surface area contributed by atoms with Crippen molar-refractivity contribution in [1.29, 1.82) is 0 Å². The molecule has 78 valence electrons. The Labute approximate surface area is 101 Å². The molecule has 0 saturated heterocycles. The molecular formula is C11H10FIN2. The molecule has 2 rings (SSSR count). The number of hydrogen-bond acceptors (Lipinski definition) is 2. The van der Waals surface area contributed by atoms with E-state index in [1.54, 1.807) is 0 Å². The zero-order valence-corrected chi connectivity index (χ0v) is 10.6. The predicted molar refractivity (Wildman–Crippen MR) is 68.7 cm³/mol. The summed E-state index contributed by atoms with van der Waals surface area (Å²) in [7, 11) is 1.83. The van der Waals surface area contributed by atoms with Crippen molar-refractivity contribution in [2.24, 2.45) is 0 Å². The monoisotopic (exact) mass is 316 g/mol. The largest absolute Gasteiger partial charge is 0.388 e. The first-order chi connectivity index (χ1) is 7.11. The van der Waals surface area contributed by atoms with Crippen LogP contribution in [0.25, 0.3) is 10.9 Å². The van der Waals surface area contributed by atoms with E-state index in [-0.39, 0.29) is 5.82 Å². The fourth-order valence-electron chi connectivity index (χ4n) is 1.59.